The molecule has 0 saturated carbocycles. The monoisotopic (exact) mass is 444 g/mol. The van der Waals surface area contributed by atoms with Gasteiger partial charge < -0.3 is 10.2 Å². The molecule has 1 aromatic heterocycles. The number of benzene rings is 2. The Balaban J connectivity index is 1.44. The van der Waals surface area contributed by atoms with E-state index in [4.69, 9.17) is 0 Å². The summed E-state index contributed by atoms with van der Waals surface area (Å²) in [6, 6.07) is 16.6. The predicted molar refractivity (Wildman–Crippen MR) is 129 cm³/mol. The van der Waals surface area contributed by atoms with Gasteiger partial charge in [-0.3, -0.25) is 24.5 Å². The fourth-order valence-electron chi connectivity index (χ4n) is 4.22. The highest BCUT2D eigenvalue weighted by atomic mass is 16.2. The molecule has 2 N–H and O–H groups in total. The molecule has 0 spiro atoms. The van der Waals surface area contributed by atoms with E-state index < -0.39 is 5.92 Å². The summed E-state index contributed by atoms with van der Waals surface area (Å²) in [5.41, 5.74) is 8.64. The molecule has 0 bridgehead atoms. The van der Waals surface area contributed by atoms with E-state index in [0.29, 0.717) is 17.8 Å². The van der Waals surface area contributed by atoms with E-state index in [-0.39, 0.29) is 24.1 Å². The molecule has 2 aromatic carbocycles. The van der Waals surface area contributed by atoms with Crippen LogP contribution in [0.1, 0.15) is 39.3 Å². The number of hydrogen-bond acceptors (Lipinski definition) is 3. The fraction of sp³-hybridized carbons (Fsp3) is 0.269. The fourth-order valence-corrected chi connectivity index (χ4v) is 4.22. The molecule has 33 heavy (non-hydrogen) atoms. The number of aryl methyl sites for hydroxylation is 4. The molecule has 0 aliphatic carbocycles. The van der Waals surface area contributed by atoms with Crippen LogP contribution in [0.15, 0.2) is 54.6 Å². The number of rotatable bonds is 5. The first kappa shape index (κ1) is 22.3. The SMILES string of the molecule is Cc1ccc(N2C[C@H](C(=O)Nc3cccc(C(=O)Nn4c(C)ccc4C)c3)CC2=O)c(C)c1. The van der Waals surface area contributed by atoms with E-state index in [2.05, 4.69) is 10.7 Å². The van der Waals surface area contributed by atoms with Crippen molar-refractivity contribution < 1.29 is 14.4 Å². The zero-order chi connectivity index (χ0) is 23.7. The van der Waals surface area contributed by atoms with Crippen LogP contribution in [-0.2, 0) is 9.59 Å². The van der Waals surface area contributed by atoms with Crippen LogP contribution in [-0.4, -0.2) is 28.9 Å². The Morgan fingerprint density at radius 2 is 1.67 bits per heavy atom. The first-order valence-electron chi connectivity index (χ1n) is 11.0. The molecule has 0 unspecified atom stereocenters. The number of nitrogens with zero attached hydrogens (tertiary/aromatic N) is 2. The van der Waals surface area contributed by atoms with E-state index in [9.17, 15) is 14.4 Å². The molecular formula is C26H28N4O3. The van der Waals surface area contributed by atoms with E-state index in [1.54, 1.807) is 33.8 Å². The number of amides is 3. The second-order valence-electron chi connectivity index (χ2n) is 8.66. The van der Waals surface area contributed by atoms with Gasteiger partial charge in [-0.05, 0) is 69.7 Å². The predicted octanol–water partition coefficient (Wildman–Crippen LogP) is 4.10. The Labute approximate surface area is 193 Å². The minimum Gasteiger partial charge on any atom is -0.326 e. The molecule has 7 nitrogen and oxygen atoms in total. The number of nitrogens with one attached hydrogen (secondary N) is 2. The second kappa shape index (κ2) is 8.94. The van der Waals surface area contributed by atoms with Crippen LogP contribution in [0.2, 0.25) is 0 Å². The Hall–Kier alpha value is -3.87. The van der Waals surface area contributed by atoms with Crippen LogP contribution in [0.4, 0.5) is 11.4 Å². The van der Waals surface area contributed by atoms with Crippen LogP contribution in [0, 0.1) is 33.6 Å². The highest BCUT2D eigenvalue weighted by molar-refractivity contribution is 6.05. The quantitative estimate of drug-likeness (QED) is 0.622. The van der Waals surface area contributed by atoms with Crippen molar-refractivity contribution in [3.63, 3.8) is 0 Å². The lowest BCUT2D eigenvalue weighted by Gasteiger charge is -2.19. The lowest BCUT2D eigenvalue weighted by Crippen LogP contribution is -2.28. The zero-order valence-corrected chi connectivity index (χ0v) is 19.3. The van der Waals surface area contributed by atoms with Crippen LogP contribution < -0.4 is 15.6 Å². The van der Waals surface area contributed by atoms with Gasteiger partial charge in [0.15, 0.2) is 0 Å². The average molecular weight is 445 g/mol. The molecule has 1 saturated heterocycles. The third kappa shape index (κ3) is 4.67. The Kier molecular flexibility index (Phi) is 6.05. The summed E-state index contributed by atoms with van der Waals surface area (Å²) in [6.45, 7) is 8.13. The number of hydrogen-bond donors (Lipinski definition) is 2. The van der Waals surface area contributed by atoms with Crippen molar-refractivity contribution in [1.29, 1.82) is 0 Å². The number of anilines is 2. The van der Waals surface area contributed by atoms with Crippen molar-refractivity contribution in [1.82, 2.24) is 4.68 Å². The van der Waals surface area contributed by atoms with Gasteiger partial charge in [0.1, 0.15) is 0 Å². The van der Waals surface area contributed by atoms with Crippen molar-refractivity contribution in [2.75, 3.05) is 22.2 Å². The number of aromatic nitrogens is 1. The number of carbonyl (C=O) groups excluding carboxylic acids is 3. The minimum atomic E-state index is -0.458. The van der Waals surface area contributed by atoms with Gasteiger partial charge in [0.2, 0.25) is 11.8 Å². The van der Waals surface area contributed by atoms with Crippen molar-refractivity contribution in [3.05, 3.63) is 82.7 Å². The normalized spacial score (nSPS) is 15.6. The molecule has 3 aromatic rings. The first-order valence-corrected chi connectivity index (χ1v) is 11.0. The summed E-state index contributed by atoms with van der Waals surface area (Å²) >= 11 is 0. The summed E-state index contributed by atoms with van der Waals surface area (Å²) in [5, 5.41) is 2.87. The van der Waals surface area contributed by atoms with E-state index in [1.165, 1.54) is 0 Å². The standard InChI is InChI=1S/C26H28N4O3/c1-16-8-11-23(17(2)12-16)29-15-21(14-24(29)31)25(32)27-22-7-5-6-20(13-22)26(33)28-30-18(3)9-10-19(30)4/h5-13,21H,14-15H2,1-4H3,(H,27,32)(H,28,33)/t21-/m1/s1. The third-order valence-corrected chi connectivity index (χ3v) is 6.02. The summed E-state index contributed by atoms with van der Waals surface area (Å²) in [5.74, 6) is -1.02. The second-order valence-corrected chi connectivity index (χ2v) is 8.66. The molecule has 1 aliphatic rings. The van der Waals surface area contributed by atoms with Crippen molar-refractivity contribution >= 4 is 29.1 Å². The van der Waals surface area contributed by atoms with Crippen LogP contribution in [0.3, 0.4) is 0 Å². The average Bonchev–Trinajstić information content (AvgIpc) is 3.31. The van der Waals surface area contributed by atoms with E-state index >= 15 is 0 Å². The summed E-state index contributed by atoms with van der Waals surface area (Å²) in [7, 11) is 0. The molecule has 170 valence electrons. The zero-order valence-electron chi connectivity index (χ0n) is 19.3. The summed E-state index contributed by atoms with van der Waals surface area (Å²) in [4.78, 5) is 39.9. The first-order chi connectivity index (χ1) is 15.7. The van der Waals surface area contributed by atoms with Crippen LogP contribution in [0.25, 0.3) is 0 Å². The minimum absolute atomic E-state index is 0.0623. The highest BCUT2D eigenvalue weighted by Crippen LogP contribution is 2.29. The Morgan fingerprint density at radius 1 is 0.939 bits per heavy atom. The van der Waals surface area contributed by atoms with Gasteiger partial charge in [0.05, 0.1) is 5.92 Å². The van der Waals surface area contributed by atoms with Gasteiger partial charge in [-0.25, -0.2) is 0 Å². The molecule has 4 rings (SSSR count). The molecule has 1 fully saturated rings. The van der Waals surface area contributed by atoms with Gasteiger partial charge in [-0.2, -0.15) is 0 Å². The molecule has 0 radical (unpaired) electrons. The van der Waals surface area contributed by atoms with E-state index in [0.717, 1.165) is 28.2 Å². The molecular weight excluding hydrogens is 416 g/mol. The van der Waals surface area contributed by atoms with Crippen LogP contribution >= 0.6 is 0 Å². The molecule has 1 atom stereocenters. The highest BCUT2D eigenvalue weighted by Gasteiger charge is 2.35. The van der Waals surface area contributed by atoms with Gasteiger partial charge in [0, 0.05) is 41.3 Å². The van der Waals surface area contributed by atoms with Gasteiger partial charge >= 0.3 is 0 Å². The lowest BCUT2D eigenvalue weighted by atomic mass is 10.1. The lowest BCUT2D eigenvalue weighted by molar-refractivity contribution is -0.122. The molecule has 3 amide bonds. The maximum Gasteiger partial charge on any atom is 0.270 e. The molecule has 7 heteroatoms. The van der Waals surface area contributed by atoms with Crippen molar-refractivity contribution in [2.24, 2.45) is 5.92 Å². The topological polar surface area (TPSA) is 83.4 Å². The molecule has 2 heterocycles. The largest absolute Gasteiger partial charge is 0.326 e. The summed E-state index contributed by atoms with van der Waals surface area (Å²) < 4.78 is 1.72. The van der Waals surface area contributed by atoms with Gasteiger partial charge in [0.25, 0.3) is 5.91 Å². The van der Waals surface area contributed by atoms with E-state index in [1.807, 2.05) is 58.0 Å². The van der Waals surface area contributed by atoms with Crippen LogP contribution in [0.5, 0.6) is 0 Å². The summed E-state index contributed by atoms with van der Waals surface area (Å²) in [6.07, 6.45) is 0.158. The van der Waals surface area contributed by atoms with Gasteiger partial charge in [-0.1, -0.05) is 23.8 Å². The maximum atomic E-state index is 12.9. The van der Waals surface area contributed by atoms with Gasteiger partial charge in [-0.15, -0.1) is 0 Å². The number of carbonyl (C=O) groups is 3. The third-order valence-electron chi connectivity index (χ3n) is 6.02. The Morgan fingerprint density at radius 3 is 2.36 bits per heavy atom. The van der Waals surface area contributed by atoms with Crippen molar-refractivity contribution in [3.8, 4) is 0 Å². The maximum absolute atomic E-state index is 12.9. The smallest absolute Gasteiger partial charge is 0.270 e. The Bertz CT molecular complexity index is 1220. The molecule has 1 aliphatic heterocycles. The van der Waals surface area contributed by atoms with Crippen molar-refractivity contribution in [2.45, 2.75) is 34.1 Å².